The zero-order valence-electron chi connectivity index (χ0n) is 17.5. The Morgan fingerprint density at radius 2 is 1.97 bits per heavy atom. The predicted octanol–water partition coefficient (Wildman–Crippen LogP) is 3.89. The van der Waals surface area contributed by atoms with Gasteiger partial charge in [-0.25, -0.2) is 4.39 Å². The molecule has 1 saturated carbocycles. The maximum atomic E-state index is 13.9. The minimum absolute atomic E-state index is 0.00374. The molecule has 0 radical (unpaired) electrons. The van der Waals surface area contributed by atoms with Gasteiger partial charge in [-0.2, -0.15) is 5.26 Å². The molecular formula is C23H22FN5O2S. The Hall–Kier alpha value is -3.38. The van der Waals surface area contributed by atoms with E-state index < -0.39 is 11.4 Å². The first kappa shape index (κ1) is 21.8. The van der Waals surface area contributed by atoms with Crippen LogP contribution in [0.1, 0.15) is 25.6 Å². The lowest BCUT2D eigenvalue weighted by atomic mass is 9.98. The highest BCUT2D eigenvalue weighted by Crippen LogP contribution is 2.39. The Balaban J connectivity index is 1.50. The van der Waals surface area contributed by atoms with Gasteiger partial charge in [-0.05, 0) is 49.9 Å². The van der Waals surface area contributed by atoms with E-state index in [1.165, 1.54) is 17.8 Å². The molecule has 164 valence electrons. The average molecular weight is 452 g/mol. The fourth-order valence-electron chi connectivity index (χ4n) is 3.37. The van der Waals surface area contributed by atoms with E-state index in [0.29, 0.717) is 11.0 Å². The second-order valence-electron chi connectivity index (χ2n) is 7.71. The van der Waals surface area contributed by atoms with Crippen molar-refractivity contribution in [3.05, 3.63) is 66.2 Å². The third kappa shape index (κ3) is 4.92. The maximum Gasteiger partial charge on any atom is 0.231 e. The molecule has 1 atom stereocenters. The summed E-state index contributed by atoms with van der Waals surface area (Å²) >= 11 is 1.22. The van der Waals surface area contributed by atoms with Gasteiger partial charge in [0.2, 0.25) is 5.91 Å². The van der Waals surface area contributed by atoms with E-state index in [4.69, 9.17) is 4.74 Å². The van der Waals surface area contributed by atoms with Gasteiger partial charge in [-0.15, -0.1) is 10.2 Å². The van der Waals surface area contributed by atoms with Crippen molar-refractivity contribution in [1.29, 1.82) is 5.26 Å². The highest BCUT2D eigenvalue weighted by molar-refractivity contribution is 7.99. The summed E-state index contributed by atoms with van der Waals surface area (Å²) in [5.41, 5.74) is -0.0452. The highest BCUT2D eigenvalue weighted by atomic mass is 32.2. The summed E-state index contributed by atoms with van der Waals surface area (Å²) < 4.78 is 21.3. The fraction of sp³-hybridized carbons (Fsp3) is 0.304. The summed E-state index contributed by atoms with van der Waals surface area (Å²) in [6, 6.07) is 17.8. The lowest BCUT2D eigenvalue weighted by molar-refractivity contribution is -0.119. The number of carbonyl (C=O) groups excluding carboxylic acids is 1. The van der Waals surface area contributed by atoms with Crippen molar-refractivity contribution in [1.82, 2.24) is 20.1 Å². The number of nitrogens with zero attached hydrogens (tertiary/aromatic N) is 4. The first-order chi connectivity index (χ1) is 15.5. The molecule has 0 bridgehead atoms. The molecule has 1 aromatic heterocycles. The van der Waals surface area contributed by atoms with E-state index >= 15 is 0 Å². The van der Waals surface area contributed by atoms with Gasteiger partial charge >= 0.3 is 0 Å². The molecule has 1 N–H and O–H groups in total. The van der Waals surface area contributed by atoms with E-state index in [1.807, 2.05) is 30.3 Å². The van der Waals surface area contributed by atoms with Gasteiger partial charge in [0.15, 0.2) is 22.5 Å². The SMILES string of the molecule is CC(C#N)(NC(=O)CSc1nnc(COc2ccccc2F)n1-c1ccccc1)C1CC1. The van der Waals surface area contributed by atoms with Crippen LogP contribution in [0.3, 0.4) is 0 Å². The first-order valence-corrected chi connectivity index (χ1v) is 11.2. The molecule has 0 saturated heterocycles. The number of aromatic nitrogens is 3. The number of nitrogens with one attached hydrogen (secondary N) is 1. The average Bonchev–Trinajstić information content (AvgIpc) is 3.59. The zero-order valence-corrected chi connectivity index (χ0v) is 18.3. The topological polar surface area (TPSA) is 92.8 Å². The van der Waals surface area contributed by atoms with E-state index in [1.54, 1.807) is 29.7 Å². The molecule has 0 spiro atoms. The molecule has 1 heterocycles. The predicted molar refractivity (Wildman–Crippen MR) is 118 cm³/mol. The van der Waals surface area contributed by atoms with Gasteiger partial charge in [-0.3, -0.25) is 9.36 Å². The number of hydrogen-bond donors (Lipinski definition) is 1. The van der Waals surface area contributed by atoms with Crippen LogP contribution in [0, 0.1) is 23.1 Å². The Bertz CT molecular complexity index is 1140. The molecular weight excluding hydrogens is 429 g/mol. The molecule has 1 aliphatic carbocycles. The van der Waals surface area contributed by atoms with Crippen molar-refractivity contribution in [3.8, 4) is 17.5 Å². The standard InChI is InChI=1S/C23H22FN5O2S/c1-23(15-25,16-11-12-16)26-21(30)14-32-22-28-27-20(29(22)17-7-3-2-4-8-17)13-31-19-10-6-5-9-18(19)24/h2-10,16H,11-14H2,1H3,(H,26,30). The third-order valence-electron chi connectivity index (χ3n) is 5.27. The number of amides is 1. The van der Waals surface area contributed by atoms with Crippen LogP contribution in [0.5, 0.6) is 5.75 Å². The van der Waals surface area contributed by atoms with Gasteiger partial charge < -0.3 is 10.1 Å². The molecule has 32 heavy (non-hydrogen) atoms. The Kier molecular flexibility index (Phi) is 6.42. The van der Waals surface area contributed by atoms with Crippen molar-refractivity contribution >= 4 is 17.7 Å². The van der Waals surface area contributed by atoms with Gasteiger partial charge in [-0.1, -0.05) is 42.1 Å². The number of halogens is 1. The van der Waals surface area contributed by atoms with E-state index in [2.05, 4.69) is 21.6 Å². The third-order valence-corrected chi connectivity index (χ3v) is 6.19. The van der Waals surface area contributed by atoms with Crippen LogP contribution in [0.15, 0.2) is 59.8 Å². The molecule has 9 heteroatoms. The molecule has 4 rings (SSSR count). The molecule has 1 aliphatic rings. The number of thioether (sulfide) groups is 1. The Labute approximate surface area is 189 Å². The van der Waals surface area contributed by atoms with Crippen molar-refractivity contribution in [3.63, 3.8) is 0 Å². The fourth-order valence-corrected chi connectivity index (χ4v) is 4.14. The van der Waals surface area contributed by atoms with Crippen LogP contribution < -0.4 is 10.1 Å². The van der Waals surface area contributed by atoms with Crippen LogP contribution in [0.25, 0.3) is 5.69 Å². The van der Waals surface area contributed by atoms with Gasteiger partial charge in [0.05, 0.1) is 11.8 Å². The summed E-state index contributed by atoms with van der Waals surface area (Å²) in [5.74, 6) is 0.195. The van der Waals surface area contributed by atoms with Gasteiger partial charge in [0.25, 0.3) is 0 Å². The quantitative estimate of drug-likeness (QED) is 0.496. The number of benzene rings is 2. The van der Waals surface area contributed by atoms with Gasteiger partial charge in [0.1, 0.15) is 12.1 Å². The van der Waals surface area contributed by atoms with Crippen molar-refractivity contribution in [2.45, 2.75) is 37.1 Å². The minimum atomic E-state index is -0.844. The zero-order chi connectivity index (χ0) is 22.6. The Morgan fingerprint density at radius 1 is 1.25 bits per heavy atom. The Morgan fingerprint density at radius 3 is 2.66 bits per heavy atom. The number of rotatable bonds is 9. The normalized spacial score (nSPS) is 14.9. The monoisotopic (exact) mass is 451 g/mol. The number of para-hydroxylation sites is 2. The maximum absolute atomic E-state index is 13.9. The summed E-state index contributed by atoms with van der Waals surface area (Å²) in [7, 11) is 0. The van der Waals surface area contributed by atoms with Crippen LogP contribution >= 0.6 is 11.8 Å². The van der Waals surface area contributed by atoms with E-state index in [9.17, 15) is 14.4 Å². The summed E-state index contributed by atoms with van der Waals surface area (Å²) in [4.78, 5) is 12.5. The molecule has 1 amide bonds. The number of hydrogen-bond acceptors (Lipinski definition) is 6. The second-order valence-corrected chi connectivity index (χ2v) is 8.66. The molecule has 1 fully saturated rings. The van der Waals surface area contributed by atoms with Crippen molar-refractivity contribution < 1.29 is 13.9 Å². The summed E-state index contributed by atoms with van der Waals surface area (Å²) in [6.07, 6.45) is 1.90. The molecule has 2 aromatic carbocycles. The van der Waals surface area contributed by atoms with Crippen LogP contribution in [0.2, 0.25) is 0 Å². The summed E-state index contributed by atoms with van der Waals surface area (Å²) in [6.45, 7) is 1.77. The van der Waals surface area contributed by atoms with Crippen molar-refractivity contribution in [2.75, 3.05) is 5.75 Å². The number of nitriles is 1. The minimum Gasteiger partial charge on any atom is -0.483 e. The number of carbonyl (C=O) groups is 1. The van der Waals surface area contributed by atoms with Crippen LogP contribution in [-0.4, -0.2) is 32.0 Å². The first-order valence-electron chi connectivity index (χ1n) is 10.2. The van der Waals surface area contributed by atoms with Crippen LogP contribution in [0.4, 0.5) is 4.39 Å². The molecule has 1 unspecified atom stereocenters. The largest absolute Gasteiger partial charge is 0.483 e. The summed E-state index contributed by atoms with van der Waals surface area (Å²) in [5, 5.41) is 21.2. The molecule has 3 aromatic rings. The molecule has 7 nitrogen and oxygen atoms in total. The van der Waals surface area contributed by atoms with E-state index in [0.717, 1.165) is 18.5 Å². The lowest BCUT2D eigenvalue weighted by Gasteiger charge is -2.22. The van der Waals surface area contributed by atoms with Gasteiger partial charge in [0, 0.05) is 5.69 Å². The highest BCUT2D eigenvalue weighted by Gasteiger charge is 2.43. The second kappa shape index (κ2) is 9.40. The van der Waals surface area contributed by atoms with Crippen LogP contribution in [-0.2, 0) is 11.4 Å². The number of ether oxygens (including phenoxy) is 1. The smallest absolute Gasteiger partial charge is 0.231 e. The van der Waals surface area contributed by atoms with E-state index in [-0.39, 0.29) is 29.9 Å². The van der Waals surface area contributed by atoms with Crippen molar-refractivity contribution in [2.24, 2.45) is 5.92 Å². The molecule has 0 aliphatic heterocycles. The lowest BCUT2D eigenvalue weighted by Crippen LogP contribution is -2.47.